The Balaban J connectivity index is 0.00000220. The third kappa shape index (κ3) is 6.04. The highest BCUT2D eigenvalue weighted by atomic mass is 35.5. The fourth-order valence-corrected chi connectivity index (χ4v) is 2.29. The van der Waals surface area contributed by atoms with Crippen LogP contribution in [0.5, 0.6) is 0 Å². The van der Waals surface area contributed by atoms with Crippen LogP contribution in [0.3, 0.4) is 0 Å². The summed E-state index contributed by atoms with van der Waals surface area (Å²) in [6.45, 7) is 4.20. The molecule has 0 saturated carbocycles. The number of aryl methyl sites for hydroxylation is 1. The molecule has 0 bridgehead atoms. The Bertz CT molecular complexity index is 417. The minimum atomic E-state index is -0.381. The van der Waals surface area contributed by atoms with Crippen molar-refractivity contribution in [1.29, 1.82) is 0 Å². The van der Waals surface area contributed by atoms with Crippen molar-refractivity contribution in [3.05, 3.63) is 29.8 Å². The Morgan fingerprint density at radius 2 is 2.10 bits per heavy atom. The average Bonchev–Trinajstić information content (AvgIpc) is 2.50. The van der Waals surface area contributed by atoms with E-state index in [1.807, 2.05) is 12.1 Å². The number of benzene rings is 1. The summed E-state index contributed by atoms with van der Waals surface area (Å²) in [5.41, 5.74) is 2.16. The van der Waals surface area contributed by atoms with Gasteiger partial charge >= 0.3 is 0 Å². The summed E-state index contributed by atoms with van der Waals surface area (Å²) in [6, 6.07) is 8.11. The van der Waals surface area contributed by atoms with E-state index in [-0.39, 0.29) is 24.4 Å². The highest BCUT2D eigenvalue weighted by Crippen LogP contribution is 2.13. The molecule has 1 fully saturated rings. The molecule has 0 aromatic heterocycles. The number of unbranched alkanes of at least 4 members (excludes halogenated alkanes) is 2. The molecule has 1 aromatic rings. The number of halogens is 1. The molecule has 0 spiro atoms. The molecule has 21 heavy (non-hydrogen) atoms. The fourth-order valence-electron chi connectivity index (χ4n) is 2.29. The number of morpholine rings is 1. The molecule has 1 aliphatic rings. The molecule has 118 valence electrons. The van der Waals surface area contributed by atoms with Gasteiger partial charge in [-0.2, -0.15) is 0 Å². The van der Waals surface area contributed by atoms with Gasteiger partial charge in [0.1, 0.15) is 6.10 Å². The smallest absolute Gasteiger partial charge is 0.254 e. The van der Waals surface area contributed by atoms with E-state index in [0.717, 1.165) is 18.7 Å². The number of hydrogen-bond acceptors (Lipinski definition) is 3. The van der Waals surface area contributed by atoms with Crippen molar-refractivity contribution in [2.24, 2.45) is 0 Å². The molecule has 2 rings (SSSR count). The monoisotopic (exact) mass is 312 g/mol. The molecule has 0 aliphatic carbocycles. The van der Waals surface area contributed by atoms with Crippen molar-refractivity contribution in [2.75, 3.05) is 25.0 Å². The van der Waals surface area contributed by atoms with E-state index in [1.54, 1.807) is 0 Å². The van der Waals surface area contributed by atoms with E-state index in [9.17, 15) is 4.79 Å². The predicted molar refractivity (Wildman–Crippen MR) is 88.2 cm³/mol. The number of carbonyl (C=O) groups excluding carboxylic acids is 1. The summed E-state index contributed by atoms with van der Waals surface area (Å²) in [5, 5.41) is 6.06. The number of ether oxygens (including phenoxy) is 1. The number of rotatable bonds is 6. The van der Waals surface area contributed by atoms with Crippen LogP contribution in [0, 0.1) is 0 Å². The van der Waals surface area contributed by atoms with Gasteiger partial charge in [-0.05, 0) is 30.5 Å². The van der Waals surface area contributed by atoms with Crippen LogP contribution in [0.15, 0.2) is 24.3 Å². The highest BCUT2D eigenvalue weighted by molar-refractivity contribution is 5.94. The normalized spacial score (nSPS) is 17.9. The number of nitrogens with one attached hydrogen (secondary N) is 2. The molecule has 2 N–H and O–H groups in total. The zero-order valence-electron chi connectivity index (χ0n) is 12.6. The summed E-state index contributed by atoms with van der Waals surface area (Å²) in [4.78, 5) is 12.0. The first kappa shape index (κ1) is 18.0. The molecule has 1 atom stereocenters. The maximum absolute atomic E-state index is 12.0. The van der Waals surface area contributed by atoms with E-state index < -0.39 is 0 Å². The van der Waals surface area contributed by atoms with Crippen LogP contribution in [0.4, 0.5) is 5.69 Å². The molecule has 5 heteroatoms. The van der Waals surface area contributed by atoms with Crippen molar-refractivity contribution in [1.82, 2.24) is 5.32 Å². The van der Waals surface area contributed by atoms with Crippen LogP contribution in [0.2, 0.25) is 0 Å². The number of amides is 1. The van der Waals surface area contributed by atoms with Crippen molar-refractivity contribution in [3.8, 4) is 0 Å². The van der Waals surface area contributed by atoms with Crippen LogP contribution >= 0.6 is 12.4 Å². The zero-order chi connectivity index (χ0) is 14.2. The topological polar surface area (TPSA) is 50.4 Å². The lowest BCUT2D eigenvalue weighted by molar-refractivity contribution is -0.128. The van der Waals surface area contributed by atoms with E-state index in [1.165, 1.54) is 24.8 Å². The van der Waals surface area contributed by atoms with Gasteiger partial charge < -0.3 is 15.4 Å². The molecule has 1 amide bonds. The first-order valence-electron chi connectivity index (χ1n) is 7.51. The number of carbonyl (C=O) groups is 1. The molecular weight excluding hydrogens is 288 g/mol. The van der Waals surface area contributed by atoms with Gasteiger partial charge in [-0.25, -0.2) is 0 Å². The van der Waals surface area contributed by atoms with Gasteiger partial charge in [0.05, 0.1) is 6.61 Å². The van der Waals surface area contributed by atoms with E-state index >= 15 is 0 Å². The van der Waals surface area contributed by atoms with Crippen LogP contribution in [0.1, 0.15) is 31.7 Å². The van der Waals surface area contributed by atoms with Gasteiger partial charge in [0.2, 0.25) is 0 Å². The fraction of sp³-hybridized carbons (Fsp3) is 0.562. The summed E-state index contributed by atoms with van der Waals surface area (Å²) in [6.07, 6.45) is 4.46. The molecule has 4 nitrogen and oxygen atoms in total. The van der Waals surface area contributed by atoms with Crippen molar-refractivity contribution >= 4 is 24.0 Å². The third-order valence-corrected chi connectivity index (χ3v) is 3.51. The lowest BCUT2D eigenvalue weighted by Gasteiger charge is -2.22. The Kier molecular flexibility index (Phi) is 8.35. The van der Waals surface area contributed by atoms with Crippen molar-refractivity contribution < 1.29 is 9.53 Å². The van der Waals surface area contributed by atoms with E-state index in [4.69, 9.17) is 4.74 Å². The average molecular weight is 313 g/mol. The first-order valence-corrected chi connectivity index (χ1v) is 7.51. The molecule has 1 aromatic carbocycles. The molecule has 1 unspecified atom stereocenters. The standard InChI is InChI=1S/C16H24N2O2.ClH/c1-2-3-4-5-13-6-8-14(9-7-13)18-16(19)15-12-17-10-11-20-15;/h6-9,15,17H,2-5,10-12H2,1H3,(H,18,19);1H. The van der Waals surface area contributed by atoms with E-state index in [0.29, 0.717) is 13.2 Å². The summed E-state index contributed by atoms with van der Waals surface area (Å²) in [5.74, 6) is -0.0732. The number of hydrogen-bond donors (Lipinski definition) is 2. The largest absolute Gasteiger partial charge is 0.366 e. The summed E-state index contributed by atoms with van der Waals surface area (Å²) >= 11 is 0. The van der Waals surface area contributed by atoms with E-state index in [2.05, 4.69) is 29.7 Å². The zero-order valence-corrected chi connectivity index (χ0v) is 13.4. The minimum Gasteiger partial charge on any atom is -0.366 e. The van der Waals surface area contributed by atoms with Gasteiger partial charge in [-0.1, -0.05) is 31.9 Å². The SMILES string of the molecule is CCCCCc1ccc(NC(=O)C2CNCCO2)cc1.Cl. The van der Waals surface area contributed by atoms with Crippen LogP contribution in [-0.4, -0.2) is 31.7 Å². The highest BCUT2D eigenvalue weighted by Gasteiger charge is 2.21. The lowest BCUT2D eigenvalue weighted by atomic mass is 10.1. The molecule has 1 heterocycles. The Hall–Kier alpha value is -1.10. The molecular formula is C16H25ClN2O2. The third-order valence-electron chi connectivity index (χ3n) is 3.51. The maximum Gasteiger partial charge on any atom is 0.254 e. The Labute approximate surface area is 133 Å². The second-order valence-electron chi connectivity index (χ2n) is 5.21. The van der Waals surface area contributed by atoms with Gasteiger partial charge in [0, 0.05) is 18.8 Å². The Morgan fingerprint density at radius 1 is 1.33 bits per heavy atom. The van der Waals surface area contributed by atoms with Crippen molar-refractivity contribution in [2.45, 2.75) is 38.7 Å². The number of anilines is 1. The molecule has 1 aliphatic heterocycles. The van der Waals surface area contributed by atoms with Crippen LogP contribution < -0.4 is 10.6 Å². The molecule has 1 saturated heterocycles. The lowest BCUT2D eigenvalue weighted by Crippen LogP contribution is -2.45. The van der Waals surface area contributed by atoms with Gasteiger partial charge in [-0.3, -0.25) is 4.79 Å². The summed E-state index contributed by atoms with van der Waals surface area (Å²) < 4.78 is 5.43. The second-order valence-corrected chi connectivity index (χ2v) is 5.21. The maximum atomic E-state index is 12.0. The minimum absolute atomic E-state index is 0. The van der Waals surface area contributed by atoms with Crippen LogP contribution in [-0.2, 0) is 16.0 Å². The van der Waals surface area contributed by atoms with Gasteiger partial charge in [0.25, 0.3) is 5.91 Å². The first-order chi connectivity index (χ1) is 9.79. The predicted octanol–water partition coefficient (Wildman–Crippen LogP) is 2.77. The molecule has 0 radical (unpaired) electrons. The summed E-state index contributed by atoms with van der Waals surface area (Å²) in [7, 11) is 0. The Morgan fingerprint density at radius 3 is 2.71 bits per heavy atom. The second kappa shape index (κ2) is 9.77. The van der Waals surface area contributed by atoms with Gasteiger partial charge in [0.15, 0.2) is 0 Å². The quantitative estimate of drug-likeness (QED) is 0.794. The van der Waals surface area contributed by atoms with Crippen molar-refractivity contribution in [3.63, 3.8) is 0 Å². The van der Waals surface area contributed by atoms with Gasteiger partial charge in [-0.15, -0.1) is 12.4 Å². The van der Waals surface area contributed by atoms with Crippen LogP contribution in [0.25, 0.3) is 0 Å².